The van der Waals surface area contributed by atoms with E-state index in [2.05, 4.69) is 10.0 Å². The van der Waals surface area contributed by atoms with Gasteiger partial charge in [0.15, 0.2) is 0 Å². The Morgan fingerprint density at radius 1 is 0.967 bits per heavy atom. The summed E-state index contributed by atoms with van der Waals surface area (Å²) in [5.74, 6) is -0.987. The first-order valence-electron chi connectivity index (χ1n) is 8.50. The summed E-state index contributed by atoms with van der Waals surface area (Å²) >= 11 is 13.2. The largest absolute Gasteiger partial charge is 0.324 e. The Balaban J connectivity index is 1.72. The van der Waals surface area contributed by atoms with Crippen LogP contribution in [0.2, 0.25) is 10.0 Å². The van der Waals surface area contributed by atoms with Crippen molar-refractivity contribution in [2.24, 2.45) is 0 Å². The lowest BCUT2D eigenvalue weighted by molar-refractivity contribution is -0.113. The number of benzene rings is 3. The first kappa shape index (κ1) is 22.4. The fraction of sp³-hybridized carbons (Fsp3) is 0.0500. The zero-order chi connectivity index (χ0) is 21.7. The van der Waals surface area contributed by atoms with Gasteiger partial charge >= 0.3 is 0 Å². The molecule has 2 N–H and O–H groups in total. The molecule has 3 aromatic carbocycles. The number of anilines is 2. The average Bonchev–Trinajstić information content (AvgIpc) is 2.71. The molecule has 0 radical (unpaired) electrons. The van der Waals surface area contributed by atoms with E-state index in [9.17, 15) is 17.6 Å². The summed E-state index contributed by atoms with van der Waals surface area (Å²) in [7, 11) is -4.09. The van der Waals surface area contributed by atoms with E-state index in [0.29, 0.717) is 5.02 Å². The Hall–Kier alpha value is -2.26. The Labute approximate surface area is 187 Å². The molecule has 10 heteroatoms. The van der Waals surface area contributed by atoms with Crippen LogP contribution in [0, 0.1) is 5.82 Å². The second kappa shape index (κ2) is 9.70. The van der Waals surface area contributed by atoms with Crippen LogP contribution in [0.1, 0.15) is 0 Å². The van der Waals surface area contributed by atoms with Crippen molar-refractivity contribution in [3.63, 3.8) is 0 Å². The van der Waals surface area contributed by atoms with Crippen molar-refractivity contribution >= 4 is 62.3 Å². The Kier molecular flexibility index (Phi) is 7.25. The Morgan fingerprint density at radius 2 is 1.67 bits per heavy atom. The molecular weight excluding hydrogens is 470 g/mol. The minimum Gasteiger partial charge on any atom is -0.324 e. The van der Waals surface area contributed by atoms with Crippen LogP contribution >= 0.6 is 35.0 Å². The molecule has 30 heavy (non-hydrogen) atoms. The number of hydrogen-bond acceptors (Lipinski definition) is 4. The predicted octanol–water partition coefficient (Wildman–Crippen LogP) is 5.66. The van der Waals surface area contributed by atoms with Crippen LogP contribution in [0.5, 0.6) is 0 Å². The van der Waals surface area contributed by atoms with Gasteiger partial charge in [0.05, 0.1) is 27.0 Å². The average molecular weight is 485 g/mol. The number of nitrogens with one attached hydrogen (secondary N) is 2. The van der Waals surface area contributed by atoms with Gasteiger partial charge in [-0.25, -0.2) is 12.8 Å². The normalized spacial score (nSPS) is 11.2. The van der Waals surface area contributed by atoms with E-state index in [4.69, 9.17) is 23.2 Å². The van der Waals surface area contributed by atoms with Crippen molar-refractivity contribution in [1.82, 2.24) is 0 Å². The van der Waals surface area contributed by atoms with E-state index in [1.54, 1.807) is 24.3 Å². The number of halogens is 3. The third-order valence-electron chi connectivity index (χ3n) is 3.82. The lowest BCUT2D eigenvalue weighted by Gasteiger charge is -2.12. The van der Waals surface area contributed by atoms with Crippen molar-refractivity contribution in [1.29, 1.82) is 0 Å². The monoisotopic (exact) mass is 484 g/mol. The molecule has 0 spiro atoms. The number of amides is 1. The van der Waals surface area contributed by atoms with Gasteiger partial charge in [0, 0.05) is 9.92 Å². The Bertz CT molecular complexity index is 1170. The number of carbonyl (C=O) groups is 1. The molecule has 0 fully saturated rings. The lowest BCUT2D eigenvalue weighted by atomic mass is 10.3. The third kappa shape index (κ3) is 5.89. The number of thioether (sulfide) groups is 1. The lowest BCUT2D eigenvalue weighted by Crippen LogP contribution is -2.17. The van der Waals surface area contributed by atoms with E-state index in [-0.39, 0.29) is 33.0 Å². The standard InChI is InChI=1S/C20H15Cl2FN2O3S2/c21-13-5-7-14(8-6-13)29-12-20(26)24-19-11-15(9-10-16(19)22)30(27,28)25-18-4-2-1-3-17(18)23/h1-11,25H,12H2,(H,24,26). The molecule has 0 bridgehead atoms. The summed E-state index contributed by atoms with van der Waals surface area (Å²) in [4.78, 5) is 13.0. The van der Waals surface area contributed by atoms with Gasteiger partial charge in [-0.15, -0.1) is 11.8 Å². The molecule has 0 heterocycles. The van der Waals surface area contributed by atoms with Crippen LogP contribution in [0.4, 0.5) is 15.8 Å². The topological polar surface area (TPSA) is 75.3 Å². The molecule has 3 aromatic rings. The van der Waals surface area contributed by atoms with Crippen molar-refractivity contribution in [2.75, 3.05) is 15.8 Å². The van der Waals surface area contributed by atoms with E-state index < -0.39 is 15.8 Å². The number of carbonyl (C=O) groups excluding carboxylic acids is 1. The number of sulfonamides is 1. The molecule has 156 valence electrons. The van der Waals surface area contributed by atoms with Gasteiger partial charge in [-0.05, 0) is 54.6 Å². The van der Waals surface area contributed by atoms with Gasteiger partial charge in [0.25, 0.3) is 10.0 Å². The van der Waals surface area contributed by atoms with E-state index in [1.807, 2.05) is 0 Å². The second-order valence-electron chi connectivity index (χ2n) is 6.02. The summed E-state index contributed by atoms with van der Waals surface area (Å²) in [6, 6.07) is 16.2. The fourth-order valence-corrected chi connectivity index (χ4v) is 4.46. The van der Waals surface area contributed by atoms with Gasteiger partial charge in [0.2, 0.25) is 5.91 Å². The highest BCUT2D eigenvalue weighted by Gasteiger charge is 2.18. The van der Waals surface area contributed by atoms with Gasteiger partial charge < -0.3 is 5.32 Å². The summed E-state index contributed by atoms with van der Waals surface area (Å²) in [6.45, 7) is 0. The smallest absolute Gasteiger partial charge is 0.262 e. The van der Waals surface area contributed by atoms with Gasteiger partial charge in [-0.1, -0.05) is 35.3 Å². The molecule has 0 unspecified atom stereocenters. The maximum atomic E-state index is 13.8. The van der Waals surface area contributed by atoms with E-state index >= 15 is 0 Å². The van der Waals surface area contributed by atoms with Crippen molar-refractivity contribution in [2.45, 2.75) is 9.79 Å². The highest BCUT2D eigenvalue weighted by molar-refractivity contribution is 8.00. The van der Waals surface area contributed by atoms with Crippen molar-refractivity contribution < 1.29 is 17.6 Å². The molecule has 0 aliphatic heterocycles. The maximum absolute atomic E-state index is 13.8. The maximum Gasteiger partial charge on any atom is 0.262 e. The third-order valence-corrected chi connectivity index (χ3v) is 6.78. The van der Waals surface area contributed by atoms with Crippen LogP contribution in [-0.4, -0.2) is 20.1 Å². The van der Waals surface area contributed by atoms with Crippen LogP contribution < -0.4 is 10.0 Å². The minimum absolute atomic E-state index is 0.0857. The summed E-state index contributed by atoms with van der Waals surface area (Å²) in [6.07, 6.45) is 0. The summed E-state index contributed by atoms with van der Waals surface area (Å²) in [5.41, 5.74) is -0.0489. The van der Waals surface area contributed by atoms with Gasteiger partial charge in [-0.2, -0.15) is 0 Å². The molecule has 0 aliphatic carbocycles. The molecule has 1 amide bonds. The Morgan fingerprint density at radius 3 is 2.37 bits per heavy atom. The van der Waals surface area contributed by atoms with Gasteiger partial charge in [0.1, 0.15) is 5.82 Å². The van der Waals surface area contributed by atoms with E-state index in [0.717, 1.165) is 11.0 Å². The van der Waals surface area contributed by atoms with Crippen LogP contribution in [-0.2, 0) is 14.8 Å². The molecular formula is C20H15Cl2FN2O3S2. The summed E-state index contributed by atoms with van der Waals surface area (Å²) in [5, 5.41) is 3.36. The van der Waals surface area contributed by atoms with Crippen LogP contribution in [0.3, 0.4) is 0 Å². The molecule has 0 atom stereocenters. The van der Waals surface area contributed by atoms with Crippen molar-refractivity contribution in [3.8, 4) is 0 Å². The fourth-order valence-electron chi connectivity index (χ4n) is 2.38. The molecule has 0 aliphatic rings. The number of rotatable bonds is 7. The zero-order valence-electron chi connectivity index (χ0n) is 15.2. The number of hydrogen-bond donors (Lipinski definition) is 2. The predicted molar refractivity (Wildman–Crippen MR) is 119 cm³/mol. The molecule has 5 nitrogen and oxygen atoms in total. The van der Waals surface area contributed by atoms with E-state index in [1.165, 1.54) is 48.2 Å². The summed E-state index contributed by atoms with van der Waals surface area (Å²) < 4.78 is 41.1. The second-order valence-corrected chi connectivity index (χ2v) is 9.59. The zero-order valence-corrected chi connectivity index (χ0v) is 18.4. The first-order valence-corrected chi connectivity index (χ1v) is 11.7. The van der Waals surface area contributed by atoms with Crippen LogP contribution in [0.25, 0.3) is 0 Å². The molecule has 0 saturated heterocycles. The number of para-hydroxylation sites is 1. The molecule has 3 rings (SSSR count). The first-order chi connectivity index (χ1) is 14.2. The highest BCUT2D eigenvalue weighted by atomic mass is 35.5. The SMILES string of the molecule is O=C(CSc1ccc(Cl)cc1)Nc1cc(S(=O)(=O)Nc2ccccc2F)ccc1Cl. The quantitative estimate of drug-likeness (QED) is 0.424. The van der Waals surface area contributed by atoms with Crippen molar-refractivity contribution in [3.05, 3.63) is 82.6 Å². The molecule has 0 aromatic heterocycles. The highest BCUT2D eigenvalue weighted by Crippen LogP contribution is 2.28. The minimum atomic E-state index is -4.09. The molecule has 0 saturated carbocycles. The van der Waals surface area contributed by atoms with Gasteiger partial charge in [-0.3, -0.25) is 9.52 Å². The van der Waals surface area contributed by atoms with Crippen LogP contribution in [0.15, 0.2) is 76.5 Å².